The minimum absolute atomic E-state index is 0.0319. The molecule has 0 aliphatic carbocycles. The van der Waals surface area contributed by atoms with Crippen molar-refractivity contribution in [3.05, 3.63) is 48.3 Å². The quantitative estimate of drug-likeness (QED) is 0.731. The van der Waals surface area contributed by atoms with Gasteiger partial charge in [0.2, 0.25) is 0 Å². The summed E-state index contributed by atoms with van der Waals surface area (Å²) in [7, 11) is 0. The van der Waals surface area contributed by atoms with Gasteiger partial charge < -0.3 is 19.5 Å². The maximum atomic E-state index is 12.6. The van der Waals surface area contributed by atoms with Crippen molar-refractivity contribution in [2.45, 2.75) is 44.1 Å². The zero-order chi connectivity index (χ0) is 24.1. The smallest absolute Gasteiger partial charge is 0.486 e. The van der Waals surface area contributed by atoms with Gasteiger partial charge in [-0.1, -0.05) is 0 Å². The lowest BCUT2D eigenvalue weighted by atomic mass is 9.88. The lowest BCUT2D eigenvalue weighted by Crippen LogP contribution is -2.46. The van der Waals surface area contributed by atoms with E-state index in [1.54, 1.807) is 24.8 Å². The molecule has 1 N–H and O–H groups in total. The van der Waals surface area contributed by atoms with Gasteiger partial charge in [-0.25, -0.2) is 9.78 Å². The molecule has 33 heavy (non-hydrogen) atoms. The summed E-state index contributed by atoms with van der Waals surface area (Å²) in [5.74, 6) is -2.05. The third-order valence-electron chi connectivity index (χ3n) is 5.32. The third-order valence-corrected chi connectivity index (χ3v) is 5.32. The SMILES string of the molecule is Cc1cnc(C(=O)N2CCC3(CC2)CC(Oc2cccnc2)CO3)cn1.O=C(O)C(F)(F)F. The van der Waals surface area contributed by atoms with E-state index in [4.69, 9.17) is 19.4 Å². The number of aliphatic carboxylic acids is 1. The second-order valence-corrected chi connectivity index (χ2v) is 7.76. The van der Waals surface area contributed by atoms with E-state index in [-0.39, 0.29) is 17.6 Å². The minimum atomic E-state index is -5.08. The Kier molecular flexibility index (Phi) is 7.46. The second-order valence-electron chi connectivity index (χ2n) is 7.76. The first-order valence-electron chi connectivity index (χ1n) is 10.2. The maximum Gasteiger partial charge on any atom is 0.490 e. The van der Waals surface area contributed by atoms with Crippen LogP contribution in [0.4, 0.5) is 13.2 Å². The number of likely N-dealkylation sites (tertiary alicyclic amines) is 1. The van der Waals surface area contributed by atoms with Gasteiger partial charge in [0.05, 0.1) is 30.3 Å². The summed E-state index contributed by atoms with van der Waals surface area (Å²) < 4.78 is 43.8. The molecule has 2 aromatic rings. The Hall–Kier alpha value is -3.28. The number of carbonyl (C=O) groups is 2. The van der Waals surface area contributed by atoms with E-state index in [1.807, 2.05) is 24.0 Å². The van der Waals surface area contributed by atoms with Crippen molar-refractivity contribution in [2.75, 3.05) is 19.7 Å². The molecule has 1 spiro atoms. The first-order chi connectivity index (χ1) is 15.6. The molecule has 0 aromatic carbocycles. The van der Waals surface area contributed by atoms with Crippen LogP contribution in [0.15, 0.2) is 36.9 Å². The van der Waals surface area contributed by atoms with E-state index >= 15 is 0 Å². The molecular formula is C21H23F3N4O5. The van der Waals surface area contributed by atoms with Crippen molar-refractivity contribution in [1.29, 1.82) is 0 Å². The van der Waals surface area contributed by atoms with Gasteiger partial charge in [-0.05, 0) is 31.9 Å². The molecule has 2 aromatic heterocycles. The fraction of sp³-hybridized carbons (Fsp3) is 0.476. The van der Waals surface area contributed by atoms with Gasteiger partial charge in [0.25, 0.3) is 5.91 Å². The Bertz CT molecular complexity index is 949. The molecule has 1 amide bonds. The number of ether oxygens (including phenoxy) is 2. The van der Waals surface area contributed by atoms with Gasteiger partial charge in [-0.15, -0.1) is 0 Å². The highest BCUT2D eigenvalue weighted by molar-refractivity contribution is 5.92. The van der Waals surface area contributed by atoms with Crippen molar-refractivity contribution in [1.82, 2.24) is 19.9 Å². The first kappa shape index (κ1) is 24.4. The number of carboxylic acid groups (broad SMARTS) is 1. The monoisotopic (exact) mass is 468 g/mol. The van der Waals surface area contributed by atoms with Crippen LogP contribution >= 0.6 is 0 Å². The van der Waals surface area contributed by atoms with E-state index in [9.17, 15) is 18.0 Å². The Balaban J connectivity index is 0.000000383. The fourth-order valence-electron chi connectivity index (χ4n) is 3.62. The van der Waals surface area contributed by atoms with Crippen molar-refractivity contribution in [3.63, 3.8) is 0 Å². The fourth-order valence-corrected chi connectivity index (χ4v) is 3.62. The number of carboxylic acids is 1. The molecule has 4 heterocycles. The lowest BCUT2D eigenvalue weighted by Gasteiger charge is -2.38. The normalized spacial score (nSPS) is 19.5. The van der Waals surface area contributed by atoms with Crippen LogP contribution in [-0.4, -0.2) is 74.4 Å². The standard InChI is InChI=1S/C19H22N4O3.C2HF3O2/c1-14-10-22-17(12-21-14)18(24)23-7-4-19(5-8-23)9-16(13-25-19)26-15-3-2-6-20-11-15;3-2(4,5)1(6)7/h2-3,6,10-12,16H,4-5,7-9,13H2,1H3;(H,6,7). The van der Waals surface area contributed by atoms with Crippen molar-refractivity contribution >= 4 is 11.9 Å². The molecule has 0 radical (unpaired) electrons. The molecule has 2 saturated heterocycles. The average Bonchev–Trinajstić information content (AvgIpc) is 3.16. The number of nitrogens with zero attached hydrogens (tertiary/aromatic N) is 4. The van der Waals surface area contributed by atoms with Crippen LogP contribution in [0.3, 0.4) is 0 Å². The summed E-state index contributed by atoms with van der Waals surface area (Å²) in [6.07, 6.45) is 4.03. The van der Waals surface area contributed by atoms with Gasteiger partial charge >= 0.3 is 12.1 Å². The number of halogens is 3. The highest BCUT2D eigenvalue weighted by atomic mass is 19.4. The van der Waals surface area contributed by atoms with Crippen molar-refractivity contribution < 1.29 is 37.3 Å². The molecule has 2 fully saturated rings. The molecule has 178 valence electrons. The van der Waals surface area contributed by atoms with Crippen LogP contribution in [0.5, 0.6) is 5.75 Å². The summed E-state index contributed by atoms with van der Waals surface area (Å²) in [5, 5.41) is 7.12. The zero-order valence-electron chi connectivity index (χ0n) is 17.8. The Morgan fingerprint density at radius 1 is 1.21 bits per heavy atom. The van der Waals surface area contributed by atoms with Crippen LogP contribution in [0.25, 0.3) is 0 Å². The molecule has 4 rings (SSSR count). The molecule has 1 atom stereocenters. The van der Waals surface area contributed by atoms with E-state index in [0.29, 0.717) is 25.4 Å². The third kappa shape index (κ3) is 6.60. The number of hydrogen-bond acceptors (Lipinski definition) is 7. The topological polar surface area (TPSA) is 115 Å². The number of rotatable bonds is 3. The highest BCUT2D eigenvalue weighted by Gasteiger charge is 2.44. The van der Waals surface area contributed by atoms with Gasteiger partial charge in [0, 0.05) is 31.9 Å². The average molecular weight is 468 g/mol. The number of piperidine rings is 1. The van der Waals surface area contributed by atoms with Gasteiger partial charge in [-0.3, -0.25) is 14.8 Å². The number of hydrogen-bond donors (Lipinski definition) is 1. The number of carbonyl (C=O) groups excluding carboxylic acids is 1. The summed E-state index contributed by atoms with van der Waals surface area (Å²) in [4.78, 5) is 35.7. The molecule has 2 aliphatic rings. The van der Waals surface area contributed by atoms with Gasteiger partial charge in [0.15, 0.2) is 0 Å². The van der Waals surface area contributed by atoms with Crippen molar-refractivity contribution in [3.8, 4) is 5.75 Å². The summed E-state index contributed by atoms with van der Waals surface area (Å²) in [6, 6.07) is 3.76. The predicted octanol–water partition coefficient (Wildman–Crippen LogP) is 2.66. The number of aromatic nitrogens is 3. The Morgan fingerprint density at radius 2 is 1.91 bits per heavy atom. The predicted molar refractivity (Wildman–Crippen MR) is 108 cm³/mol. The van der Waals surface area contributed by atoms with Crippen molar-refractivity contribution in [2.24, 2.45) is 0 Å². The second kappa shape index (κ2) is 10.1. The summed E-state index contributed by atoms with van der Waals surface area (Å²) >= 11 is 0. The molecule has 9 nitrogen and oxygen atoms in total. The van der Waals surface area contributed by atoms with E-state index in [1.165, 1.54) is 0 Å². The van der Waals surface area contributed by atoms with Crippen LogP contribution < -0.4 is 4.74 Å². The Morgan fingerprint density at radius 3 is 2.45 bits per heavy atom. The summed E-state index contributed by atoms with van der Waals surface area (Å²) in [5.41, 5.74) is 1.01. The van der Waals surface area contributed by atoms with Crippen LogP contribution in [0, 0.1) is 6.92 Å². The largest absolute Gasteiger partial charge is 0.490 e. The van der Waals surface area contributed by atoms with E-state index in [2.05, 4.69) is 15.0 Å². The van der Waals surface area contributed by atoms with Gasteiger partial charge in [-0.2, -0.15) is 13.2 Å². The number of aryl methyl sites for hydroxylation is 1. The minimum Gasteiger partial charge on any atom is -0.486 e. The van der Waals surface area contributed by atoms with E-state index < -0.39 is 12.1 Å². The number of alkyl halides is 3. The number of amides is 1. The van der Waals surface area contributed by atoms with Crippen LogP contribution in [0.1, 0.15) is 35.4 Å². The maximum absolute atomic E-state index is 12.6. The first-order valence-corrected chi connectivity index (χ1v) is 10.2. The highest BCUT2D eigenvalue weighted by Crippen LogP contribution is 2.37. The lowest BCUT2D eigenvalue weighted by molar-refractivity contribution is -0.192. The van der Waals surface area contributed by atoms with Crippen LogP contribution in [0.2, 0.25) is 0 Å². The molecule has 2 aliphatic heterocycles. The van der Waals surface area contributed by atoms with E-state index in [0.717, 1.165) is 30.7 Å². The van der Waals surface area contributed by atoms with Gasteiger partial charge in [0.1, 0.15) is 17.5 Å². The summed E-state index contributed by atoms with van der Waals surface area (Å²) in [6.45, 7) is 3.75. The molecule has 1 unspecified atom stereocenters. The zero-order valence-corrected chi connectivity index (χ0v) is 17.8. The number of pyridine rings is 1. The molecule has 0 saturated carbocycles. The molecule has 0 bridgehead atoms. The Labute approximate surface area is 187 Å². The van der Waals surface area contributed by atoms with Crippen LogP contribution in [-0.2, 0) is 9.53 Å². The molecule has 12 heteroatoms. The molecular weight excluding hydrogens is 445 g/mol.